The highest BCUT2D eigenvalue weighted by Crippen LogP contribution is 2.39. The number of rotatable bonds is 3. The highest BCUT2D eigenvalue weighted by atomic mass is 15.0. The van der Waals surface area contributed by atoms with Crippen molar-refractivity contribution in [2.45, 2.75) is 0 Å². The predicted octanol–water partition coefficient (Wildman–Crippen LogP) is 9.55. The van der Waals surface area contributed by atoms with Crippen LogP contribution in [0.4, 0.5) is 0 Å². The van der Waals surface area contributed by atoms with Crippen molar-refractivity contribution in [1.29, 1.82) is 0 Å². The molecule has 0 aliphatic carbocycles. The third kappa shape index (κ3) is 3.07. The van der Waals surface area contributed by atoms with Gasteiger partial charge >= 0.3 is 0 Å². The number of benzene rings is 6. The van der Waals surface area contributed by atoms with Crippen molar-refractivity contribution in [3.05, 3.63) is 145 Å². The average molecular weight is 490 g/mol. The zero-order valence-electron chi connectivity index (χ0n) is 25.4. The van der Waals surface area contributed by atoms with Gasteiger partial charge < -0.3 is 9.13 Å². The van der Waals surface area contributed by atoms with Crippen molar-refractivity contribution in [2.75, 3.05) is 0 Å². The van der Waals surface area contributed by atoms with Gasteiger partial charge in [-0.2, -0.15) is 0 Å². The van der Waals surface area contributed by atoms with Crippen molar-refractivity contribution in [3.8, 4) is 22.5 Å². The maximum atomic E-state index is 8.78. The molecule has 2 heteroatoms. The van der Waals surface area contributed by atoms with Gasteiger partial charge in [0.25, 0.3) is 0 Å². The zero-order chi connectivity index (χ0) is 29.4. The predicted molar refractivity (Wildman–Crippen MR) is 161 cm³/mol. The zero-order valence-corrected chi connectivity index (χ0v) is 20.4. The van der Waals surface area contributed by atoms with Crippen LogP contribution in [-0.2, 0) is 0 Å². The molecule has 0 unspecified atom stereocenters. The summed E-state index contributed by atoms with van der Waals surface area (Å²) in [4.78, 5) is 0. The van der Waals surface area contributed by atoms with E-state index in [4.69, 9.17) is 6.85 Å². The van der Waals surface area contributed by atoms with Crippen LogP contribution in [0, 0.1) is 0 Å². The molecule has 6 aromatic carbocycles. The summed E-state index contributed by atoms with van der Waals surface area (Å²) in [7, 11) is 0. The van der Waals surface area contributed by atoms with Gasteiger partial charge in [0.05, 0.1) is 28.9 Å². The first-order valence-electron chi connectivity index (χ1n) is 15.1. The van der Waals surface area contributed by atoms with E-state index < -0.39 is 6.04 Å². The van der Waals surface area contributed by atoms with E-state index in [2.05, 4.69) is 65.2 Å². The van der Waals surface area contributed by atoms with E-state index in [1.54, 1.807) is 0 Å². The van der Waals surface area contributed by atoms with Crippen LogP contribution >= 0.6 is 0 Å². The minimum atomic E-state index is -0.402. The molecule has 8 rings (SSSR count). The largest absolute Gasteiger partial charge is 0.309 e. The summed E-state index contributed by atoms with van der Waals surface area (Å²) in [6, 6.07) is 37.7. The molecule has 2 nitrogen and oxygen atoms in total. The summed E-state index contributed by atoms with van der Waals surface area (Å²) in [6.45, 7) is 0. The third-order valence-electron chi connectivity index (χ3n) is 7.41. The van der Waals surface area contributed by atoms with E-state index in [-0.39, 0.29) is 29.9 Å². The lowest BCUT2D eigenvalue weighted by molar-refractivity contribution is 1.16. The van der Waals surface area contributed by atoms with Gasteiger partial charge in [-0.3, -0.25) is 0 Å². The summed E-state index contributed by atoms with van der Waals surface area (Å²) in [5.74, 6) is 0. The molecule has 0 fully saturated rings. The molecule has 0 spiro atoms. The van der Waals surface area contributed by atoms with E-state index in [1.807, 2.05) is 59.2 Å². The minimum Gasteiger partial charge on any atom is -0.309 e. The normalized spacial score (nSPS) is 13.5. The van der Waals surface area contributed by atoms with Gasteiger partial charge in [0.2, 0.25) is 0 Å². The Balaban J connectivity index is 1.48. The molecule has 38 heavy (non-hydrogen) atoms. The average Bonchev–Trinajstić information content (AvgIpc) is 3.55. The Kier molecular flexibility index (Phi) is 3.60. The van der Waals surface area contributed by atoms with Gasteiger partial charge in [0.15, 0.2) is 0 Å². The molecule has 0 amide bonds. The van der Waals surface area contributed by atoms with Crippen LogP contribution in [0.1, 0.15) is 6.85 Å². The lowest BCUT2D eigenvalue weighted by Crippen LogP contribution is -1.95. The van der Waals surface area contributed by atoms with Gasteiger partial charge in [0, 0.05) is 32.9 Å². The Bertz CT molecular complexity index is 2360. The van der Waals surface area contributed by atoms with Gasteiger partial charge in [-0.15, -0.1) is 0 Å². The second-order valence-corrected chi connectivity index (χ2v) is 9.48. The van der Waals surface area contributed by atoms with Crippen molar-refractivity contribution >= 4 is 43.6 Å². The molecule has 2 heterocycles. The van der Waals surface area contributed by atoms with Gasteiger partial charge in [-0.1, -0.05) is 97.0 Å². The van der Waals surface area contributed by atoms with Crippen molar-refractivity contribution in [3.63, 3.8) is 0 Å². The fourth-order valence-corrected chi connectivity index (χ4v) is 5.74. The molecule has 0 saturated carbocycles. The number of aromatic nitrogens is 2. The lowest BCUT2D eigenvalue weighted by Gasteiger charge is -2.11. The smallest absolute Gasteiger partial charge is 0.0645 e. The summed E-state index contributed by atoms with van der Waals surface area (Å²) >= 11 is 0. The Labute approximate surface area is 227 Å². The molecule has 178 valence electrons. The molecule has 0 bridgehead atoms. The summed E-state index contributed by atoms with van der Waals surface area (Å²) in [6.07, 6.45) is 0. The van der Waals surface area contributed by atoms with E-state index in [1.165, 1.54) is 0 Å². The fourth-order valence-electron chi connectivity index (χ4n) is 5.74. The van der Waals surface area contributed by atoms with E-state index in [0.717, 1.165) is 60.4 Å². The molecule has 0 aliphatic heterocycles. The van der Waals surface area contributed by atoms with Crippen LogP contribution in [0.15, 0.2) is 145 Å². The van der Waals surface area contributed by atoms with Crippen molar-refractivity contribution in [1.82, 2.24) is 9.13 Å². The first-order valence-corrected chi connectivity index (χ1v) is 12.6. The highest BCUT2D eigenvalue weighted by Gasteiger charge is 2.18. The molecular formula is C36H24N2. The van der Waals surface area contributed by atoms with E-state index in [9.17, 15) is 0 Å². The maximum Gasteiger partial charge on any atom is 0.0645 e. The Morgan fingerprint density at radius 1 is 0.395 bits per heavy atom. The first-order chi connectivity index (χ1) is 20.9. The molecule has 8 aromatic rings. The molecular weight excluding hydrogens is 460 g/mol. The fraction of sp³-hybridized carbons (Fsp3) is 0. The quantitative estimate of drug-likeness (QED) is 0.234. The topological polar surface area (TPSA) is 9.86 Å². The minimum absolute atomic E-state index is 0.145. The summed E-state index contributed by atoms with van der Waals surface area (Å²) in [5.41, 5.74) is 7.04. The maximum absolute atomic E-state index is 8.78. The first kappa shape index (κ1) is 16.6. The third-order valence-corrected chi connectivity index (χ3v) is 7.41. The number of hydrogen-bond donors (Lipinski definition) is 0. The molecule has 0 atom stereocenters. The van der Waals surface area contributed by atoms with Crippen LogP contribution in [-0.4, -0.2) is 9.13 Å². The van der Waals surface area contributed by atoms with Crippen LogP contribution in [0.2, 0.25) is 0 Å². The number of hydrogen-bond acceptors (Lipinski definition) is 0. The van der Waals surface area contributed by atoms with Crippen molar-refractivity contribution < 1.29 is 6.85 Å². The number of para-hydroxylation sites is 3. The van der Waals surface area contributed by atoms with Crippen LogP contribution in [0.3, 0.4) is 0 Å². The molecule has 0 saturated heterocycles. The Morgan fingerprint density at radius 2 is 0.921 bits per heavy atom. The number of fused-ring (bicyclic) bond motifs is 6. The van der Waals surface area contributed by atoms with Crippen LogP contribution in [0.5, 0.6) is 0 Å². The summed E-state index contributed by atoms with van der Waals surface area (Å²) < 4.78 is 46.5. The van der Waals surface area contributed by atoms with Gasteiger partial charge in [0.1, 0.15) is 0 Å². The van der Waals surface area contributed by atoms with Gasteiger partial charge in [-0.05, 0) is 59.6 Å². The highest BCUT2D eigenvalue weighted by molar-refractivity contribution is 6.19. The molecule has 0 N–H and O–H groups in total. The summed E-state index contributed by atoms with van der Waals surface area (Å²) in [5, 5.41) is 4.11. The SMILES string of the molecule is [2H]c1c([2H])c([2H])c(-n2c3ccccc3c3cc4c5ccccc5n(-c5ccc(-c6ccccc6)cc5)c4cc32)c([2H])c1[2H]. The lowest BCUT2D eigenvalue weighted by atomic mass is 10.1. The Morgan fingerprint density at radius 3 is 1.55 bits per heavy atom. The van der Waals surface area contributed by atoms with E-state index in [0.29, 0.717) is 0 Å². The molecule has 2 aromatic heterocycles. The second-order valence-electron chi connectivity index (χ2n) is 9.48. The second kappa shape index (κ2) is 8.22. The van der Waals surface area contributed by atoms with Crippen LogP contribution < -0.4 is 0 Å². The monoisotopic (exact) mass is 489 g/mol. The number of nitrogens with zero attached hydrogens (tertiary/aromatic N) is 2. The van der Waals surface area contributed by atoms with Gasteiger partial charge in [-0.25, -0.2) is 0 Å². The van der Waals surface area contributed by atoms with Crippen LogP contribution in [0.25, 0.3) is 66.1 Å². The Hall–Kier alpha value is -5.08. The van der Waals surface area contributed by atoms with E-state index >= 15 is 0 Å². The van der Waals surface area contributed by atoms with Crippen molar-refractivity contribution in [2.24, 2.45) is 0 Å². The molecule has 0 aliphatic rings. The standard InChI is InChI=1S/C36H24N2/c1-3-11-25(12-4-1)26-19-21-28(22-20-26)38-34-18-10-8-16-30(34)32-23-31-29-15-7-9-17-33(29)37(35(31)24-36(32)38)27-13-5-2-6-14-27/h1-24H/i2D,5D,6D,13D,14D. The molecule has 0 radical (unpaired) electrons.